The summed E-state index contributed by atoms with van der Waals surface area (Å²) in [6.07, 6.45) is 4.35. The number of hydrogen-bond donors (Lipinski definition) is 1. The Morgan fingerprint density at radius 3 is 2.05 bits per heavy atom. The van der Waals surface area contributed by atoms with E-state index in [4.69, 9.17) is 4.42 Å². The molecule has 0 radical (unpaired) electrons. The van der Waals surface area contributed by atoms with E-state index in [0.717, 1.165) is 11.3 Å². The molecule has 0 fully saturated rings. The fourth-order valence-electron chi connectivity index (χ4n) is 1.60. The predicted molar refractivity (Wildman–Crippen MR) is 112 cm³/mol. The number of rotatable bonds is 2. The number of hydrogen-bond acceptors (Lipinski definition) is 4. The van der Waals surface area contributed by atoms with Crippen molar-refractivity contribution >= 4 is 107 Å². The largest absolute Gasteiger partial charge is 0.469 e. The average Bonchev–Trinajstić information content (AvgIpc) is 2.80. The number of amidine groups is 2. The van der Waals surface area contributed by atoms with E-state index < -0.39 is 4.29 Å². The summed E-state index contributed by atoms with van der Waals surface area (Å²) in [5, 5.41) is 3.13. The fourth-order valence-corrected chi connectivity index (χ4v) is 2.72. The first-order valence-electron chi connectivity index (χ1n) is 5.88. The Bertz CT molecular complexity index is 619. The van der Waals surface area contributed by atoms with Crippen LogP contribution in [0.4, 0.5) is 0 Å². The Balaban J connectivity index is 2.30. The molecule has 0 atom stereocenters. The maximum absolute atomic E-state index is 5.30. The number of aryl methyl sites for hydroxylation is 1. The van der Waals surface area contributed by atoms with Crippen molar-refractivity contribution in [3.8, 4) is 0 Å². The first-order chi connectivity index (χ1) is 10.1. The standard InChI is InChI=1S/C12H9Br6N3O/c1-6-4-7(5-22-6)2-3-8-19-9(11(13,14)15)21-10(20-8)12(16,17)18/h3-5H,2H2,1H3,(H,19,20,21). The Kier molecular flexibility index (Phi) is 6.61. The lowest BCUT2D eigenvalue weighted by Crippen LogP contribution is -2.45. The van der Waals surface area contributed by atoms with E-state index in [1.165, 1.54) is 0 Å². The highest BCUT2D eigenvalue weighted by Crippen LogP contribution is 2.39. The van der Waals surface area contributed by atoms with Gasteiger partial charge in [0.1, 0.15) is 17.4 Å². The number of halogens is 6. The van der Waals surface area contributed by atoms with Gasteiger partial charge >= 0.3 is 0 Å². The van der Waals surface area contributed by atoms with Crippen molar-refractivity contribution in [2.75, 3.05) is 0 Å². The van der Waals surface area contributed by atoms with Gasteiger partial charge in [-0.2, -0.15) is 0 Å². The highest BCUT2D eigenvalue weighted by atomic mass is 80.0. The second kappa shape index (κ2) is 7.51. The molecular weight excluding hydrogens is 682 g/mol. The Labute approximate surface area is 178 Å². The smallest absolute Gasteiger partial charge is 0.192 e. The second-order valence-electron chi connectivity index (χ2n) is 4.37. The molecule has 120 valence electrons. The number of alkyl halides is 6. The van der Waals surface area contributed by atoms with Crippen molar-refractivity contribution in [1.82, 2.24) is 5.32 Å². The number of nitrogens with zero attached hydrogens (tertiary/aromatic N) is 2. The highest BCUT2D eigenvalue weighted by molar-refractivity contribution is 9.40. The molecule has 0 unspecified atom stereocenters. The molecule has 1 aromatic heterocycles. The van der Waals surface area contributed by atoms with Crippen LogP contribution in [0.5, 0.6) is 0 Å². The molecular formula is C12H9Br6N3O. The summed E-state index contributed by atoms with van der Waals surface area (Å²) < 4.78 is 3.96. The molecule has 2 heterocycles. The minimum absolute atomic E-state index is 0.591. The van der Waals surface area contributed by atoms with Crippen LogP contribution in [0.15, 0.2) is 38.6 Å². The zero-order valence-corrected chi connectivity index (χ0v) is 20.5. The van der Waals surface area contributed by atoms with Crippen LogP contribution in [0, 0.1) is 6.92 Å². The van der Waals surface area contributed by atoms with Crippen LogP contribution in [0.1, 0.15) is 11.3 Å². The van der Waals surface area contributed by atoms with Crippen molar-refractivity contribution in [3.05, 3.63) is 35.6 Å². The molecule has 0 aliphatic carbocycles. The van der Waals surface area contributed by atoms with E-state index in [2.05, 4.69) is 111 Å². The summed E-state index contributed by atoms with van der Waals surface area (Å²) in [4.78, 5) is 8.97. The van der Waals surface area contributed by atoms with Gasteiger partial charge in [-0.25, -0.2) is 9.98 Å². The fraction of sp³-hybridized carbons (Fsp3) is 0.333. The summed E-state index contributed by atoms with van der Waals surface area (Å²) >= 11 is 20.7. The van der Waals surface area contributed by atoms with Crippen LogP contribution in [0.2, 0.25) is 0 Å². The molecule has 1 aliphatic heterocycles. The van der Waals surface area contributed by atoms with E-state index in [-0.39, 0.29) is 0 Å². The van der Waals surface area contributed by atoms with E-state index in [0.29, 0.717) is 23.9 Å². The number of allylic oxidation sites excluding steroid dienone is 1. The van der Waals surface area contributed by atoms with E-state index in [1.807, 2.05) is 19.1 Å². The minimum atomic E-state index is -0.669. The maximum Gasteiger partial charge on any atom is 0.192 e. The second-order valence-corrected chi connectivity index (χ2v) is 17.9. The van der Waals surface area contributed by atoms with Gasteiger partial charge in [0.25, 0.3) is 0 Å². The van der Waals surface area contributed by atoms with Gasteiger partial charge in [-0.3, -0.25) is 0 Å². The third-order valence-corrected chi connectivity index (χ3v) is 4.79. The van der Waals surface area contributed by atoms with Crippen LogP contribution >= 0.6 is 95.6 Å². The Hall–Kier alpha value is 1.04. The molecule has 0 bridgehead atoms. The highest BCUT2D eigenvalue weighted by Gasteiger charge is 2.35. The maximum atomic E-state index is 5.30. The van der Waals surface area contributed by atoms with Crippen LogP contribution in [0.3, 0.4) is 0 Å². The SMILES string of the molecule is Cc1cc(CC=C2N=C(C(Br)(Br)Br)NC(C(Br)(Br)Br)=N2)co1. The van der Waals surface area contributed by atoms with Gasteiger partial charge in [0.2, 0.25) is 0 Å². The molecule has 0 aromatic carbocycles. The first-order valence-corrected chi connectivity index (χ1v) is 10.6. The number of nitrogens with one attached hydrogen (secondary N) is 1. The van der Waals surface area contributed by atoms with Gasteiger partial charge in [0.05, 0.1) is 6.26 Å². The predicted octanol–water partition coefficient (Wildman–Crippen LogP) is 6.05. The zero-order valence-electron chi connectivity index (χ0n) is 11.0. The van der Waals surface area contributed by atoms with Gasteiger partial charge in [-0.05, 0) is 31.1 Å². The lowest BCUT2D eigenvalue weighted by molar-refractivity contribution is 0.532. The topological polar surface area (TPSA) is 49.9 Å². The number of aliphatic imine (C=N–C) groups is 2. The van der Waals surface area contributed by atoms with Gasteiger partial charge in [-0.1, -0.05) is 95.6 Å². The quantitative estimate of drug-likeness (QED) is 0.385. The summed E-state index contributed by atoms with van der Waals surface area (Å²) in [6.45, 7) is 1.91. The summed E-state index contributed by atoms with van der Waals surface area (Å²) in [6, 6.07) is 1.99. The summed E-state index contributed by atoms with van der Waals surface area (Å²) in [5.74, 6) is 2.71. The van der Waals surface area contributed by atoms with Gasteiger partial charge in [0.15, 0.2) is 10.1 Å². The molecule has 1 N–H and O–H groups in total. The van der Waals surface area contributed by atoms with Gasteiger partial charge < -0.3 is 9.73 Å². The molecule has 2 rings (SSSR count). The van der Waals surface area contributed by atoms with E-state index in [1.54, 1.807) is 6.26 Å². The van der Waals surface area contributed by atoms with Crippen LogP contribution in [0.25, 0.3) is 0 Å². The molecule has 4 nitrogen and oxygen atoms in total. The molecule has 1 aliphatic rings. The Morgan fingerprint density at radius 2 is 1.64 bits per heavy atom. The van der Waals surface area contributed by atoms with E-state index in [9.17, 15) is 0 Å². The lowest BCUT2D eigenvalue weighted by Gasteiger charge is -2.26. The molecule has 0 saturated heterocycles. The van der Waals surface area contributed by atoms with Crippen molar-refractivity contribution in [1.29, 1.82) is 0 Å². The first kappa shape index (κ1) is 19.4. The molecule has 10 heteroatoms. The van der Waals surface area contributed by atoms with Crippen molar-refractivity contribution in [3.63, 3.8) is 0 Å². The summed E-state index contributed by atoms with van der Waals surface area (Å²) in [5.41, 5.74) is 1.07. The summed E-state index contributed by atoms with van der Waals surface area (Å²) in [7, 11) is 0. The van der Waals surface area contributed by atoms with Crippen molar-refractivity contribution in [2.24, 2.45) is 9.98 Å². The average molecular weight is 691 g/mol. The minimum Gasteiger partial charge on any atom is -0.469 e. The zero-order chi connectivity index (χ0) is 16.5. The van der Waals surface area contributed by atoms with Gasteiger partial charge in [0, 0.05) is 0 Å². The van der Waals surface area contributed by atoms with Crippen molar-refractivity contribution in [2.45, 2.75) is 17.6 Å². The third kappa shape index (κ3) is 5.54. The number of furan rings is 1. The normalized spacial score (nSPS) is 16.0. The van der Waals surface area contributed by atoms with E-state index >= 15 is 0 Å². The lowest BCUT2D eigenvalue weighted by atomic mass is 10.2. The molecule has 0 amide bonds. The molecule has 22 heavy (non-hydrogen) atoms. The van der Waals surface area contributed by atoms with Crippen molar-refractivity contribution < 1.29 is 4.42 Å². The molecule has 0 spiro atoms. The van der Waals surface area contributed by atoms with Crippen LogP contribution < -0.4 is 5.32 Å². The Morgan fingerprint density at radius 1 is 1.09 bits per heavy atom. The molecule has 1 aromatic rings. The third-order valence-electron chi connectivity index (χ3n) is 2.53. The van der Waals surface area contributed by atoms with Crippen LogP contribution in [-0.2, 0) is 6.42 Å². The molecule has 0 saturated carbocycles. The van der Waals surface area contributed by atoms with Crippen LogP contribution in [-0.4, -0.2) is 16.0 Å². The monoisotopic (exact) mass is 685 g/mol. The van der Waals surface area contributed by atoms with Gasteiger partial charge in [-0.15, -0.1) is 0 Å².